The Balaban J connectivity index is 1.69. The minimum Gasteiger partial charge on any atom is -0.369 e. The van der Waals surface area contributed by atoms with E-state index in [0.717, 1.165) is 17.8 Å². The average Bonchev–Trinajstić information content (AvgIpc) is 3.16. The smallest absolute Gasteiger partial charge is 0.251 e. The van der Waals surface area contributed by atoms with Crippen LogP contribution >= 0.6 is 11.6 Å². The van der Waals surface area contributed by atoms with Crippen molar-refractivity contribution < 1.29 is 9.59 Å². The maximum Gasteiger partial charge on any atom is 0.251 e. The van der Waals surface area contributed by atoms with Crippen molar-refractivity contribution in [1.82, 2.24) is 9.80 Å². The van der Waals surface area contributed by atoms with E-state index in [-0.39, 0.29) is 24.4 Å². The predicted octanol–water partition coefficient (Wildman–Crippen LogP) is 3.57. The summed E-state index contributed by atoms with van der Waals surface area (Å²) in [5.74, 6) is 0.0580. The molecule has 0 saturated carbocycles. The van der Waals surface area contributed by atoms with Crippen LogP contribution in [0.25, 0.3) is 0 Å². The Morgan fingerprint density at radius 1 is 1.03 bits per heavy atom. The minimum absolute atomic E-state index is 0.00293. The highest BCUT2D eigenvalue weighted by molar-refractivity contribution is 6.30. The van der Waals surface area contributed by atoms with E-state index in [2.05, 4.69) is 17.0 Å². The number of benzene rings is 2. The third-order valence-corrected chi connectivity index (χ3v) is 6.28. The number of halogens is 1. The van der Waals surface area contributed by atoms with Crippen LogP contribution in [0.5, 0.6) is 0 Å². The lowest BCUT2D eigenvalue weighted by molar-refractivity contribution is -0.166. The Morgan fingerprint density at radius 3 is 2.38 bits per heavy atom. The van der Waals surface area contributed by atoms with Crippen molar-refractivity contribution >= 4 is 29.1 Å². The summed E-state index contributed by atoms with van der Waals surface area (Å²) in [6.45, 7) is 5.74. The van der Waals surface area contributed by atoms with E-state index in [4.69, 9.17) is 11.6 Å². The molecule has 0 N–H and O–H groups in total. The number of nitrogens with zero attached hydrogens (tertiary/aromatic N) is 3. The standard InChI is InChI=1S/C23H26ClN3O2/c1-17(2)26-15-21(28)27(14-18-8-10-19(24)11-9-18)23(22(26)29)12-13-25(16-23)20-6-4-3-5-7-20/h3-11,17H,12-16H2,1-2H3/t23-/m0/s1. The molecule has 0 bridgehead atoms. The Morgan fingerprint density at radius 2 is 1.72 bits per heavy atom. The molecule has 2 aliphatic heterocycles. The second-order valence-electron chi connectivity index (χ2n) is 8.17. The molecule has 2 aliphatic rings. The van der Waals surface area contributed by atoms with Gasteiger partial charge in [-0.15, -0.1) is 0 Å². The molecule has 152 valence electrons. The SMILES string of the molecule is CC(C)N1CC(=O)N(Cc2ccc(Cl)cc2)[C@]2(CCN(c3ccccc3)C2)C1=O. The van der Waals surface area contributed by atoms with Gasteiger partial charge in [0, 0.05) is 29.8 Å². The average molecular weight is 412 g/mol. The zero-order chi connectivity index (χ0) is 20.6. The maximum absolute atomic E-state index is 13.7. The fraction of sp³-hybridized carbons (Fsp3) is 0.391. The molecule has 0 aromatic heterocycles. The molecular weight excluding hydrogens is 386 g/mol. The van der Waals surface area contributed by atoms with Crippen molar-refractivity contribution in [3.63, 3.8) is 0 Å². The van der Waals surface area contributed by atoms with Crippen molar-refractivity contribution in [2.45, 2.75) is 38.4 Å². The molecule has 2 amide bonds. The van der Waals surface area contributed by atoms with E-state index in [9.17, 15) is 9.59 Å². The number of carbonyl (C=O) groups excluding carboxylic acids is 2. The summed E-state index contributed by atoms with van der Waals surface area (Å²) >= 11 is 6.02. The molecule has 0 aliphatic carbocycles. The molecule has 6 heteroatoms. The molecule has 0 radical (unpaired) electrons. The number of rotatable bonds is 4. The Hall–Kier alpha value is -2.53. The molecule has 0 unspecified atom stereocenters. The summed E-state index contributed by atoms with van der Waals surface area (Å²) < 4.78 is 0. The third-order valence-electron chi connectivity index (χ3n) is 6.03. The summed E-state index contributed by atoms with van der Waals surface area (Å²) in [6.07, 6.45) is 0.628. The van der Waals surface area contributed by atoms with Crippen molar-refractivity contribution in [2.75, 3.05) is 24.5 Å². The lowest BCUT2D eigenvalue weighted by atomic mass is 9.89. The van der Waals surface area contributed by atoms with Crippen LogP contribution in [-0.2, 0) is 16.1 Å². The second-order valence-corrected chi connectivity index (χ2v) is 8.61. The zero-order valence-corrected chi connectivity index (χ0v) is 17.6. The highest BCUT2D eigenvalue weighted by atomic mass is 35.5. The van der Waals surface area contributed by atoms with Gasteiger partial charge in [0.05, 0.1) is 6.54 Å². The van der Waals surface area contributed by atoms with Crippen LogP contribution < -0.4 is 4.90 Å². The topological polar surface area (TPSA) is 43.9 Å². The van der Waals surface area contributed by atoms with Crippen LogP contribution in [0.2, 0.25) is 5.02 Å². The van der Waals surface area contributed by atoms with Gasteiger partial charge in [-0.25, -0.2) is 0 Å². The van der Waals surface area contributed by atoms with E-state index in [0.29, 0.717) is 24.5 Å². The van der Waals surface area contributed by atoms with Gasteiger partial charge in [0.2, 0.25) is 5.91 Å². The summed E-state index contributed by atoms with van der Waals surface area (Å²) in [7, 11) is 0. The van der Waals surface area contributed by atoms with Gasteiger partial charge in [-0.05, 0) is 50.1 Å². The number of piperazine rings is 1. The van der Waals surface area contributed by atoms with Crippen LogP contribution in [0.4, 0.5) is 5.69 Å². The first-order valence-electron chi connectivity index (χ1n) is 10.1. The van der Waals surface area contributed by atoms with E-state index < -0.39 is 5.54 Å². The first kappa shape index (κ1) is 19.8. The molecule has 2 saturated heterocycles. The van der Waals surface area contributed by atoms with Gasteiger partial charge in [-0.3, -0.25) is 9.59 Å². The number of hydrogen-bond donors (Lipinski definition) is 0. The maximum atomic E-state index is 13.7. The van der Waals surface area contributed by atoms with Gasteiger partial charge >= 0.3 is 0 Å². The lowest BCUT2D eigenvalue weighted by Gasteiger charge is -2.48. The zero-order valence-electron chi connectivity index (χ0n) is 16.8. The molecule has 2 aromatic carbocycles. The fourth-order valence-electron chi connectivity index (χ4n) is 4.40. The molecule has 1 atom stereocenters. The summed E-state index contributed by atoms with van der Waals surface area (Å²) in [5, 5.41) is 0.659. The van der Waals surface area contributed by atoms with Crippen molar-refractivity contribution in [2.24, 2.45) is 0 Å². The van der Waals surface area contributed by atoms with Gasteiger partial charge < -0.3 is 14.7 Å². The van der Waals surface area contributed by atoms with E-state index >= 15 is 0 Å². The highest BCUT2D eigenvalue weighted by Gasteiger charge is 2.56. The predicted molar refractivity (Wildman–Crippen MR) is 115 cm³/mol. The summed E-state index contributed by atoms with van der Waals surface area (Å²) in [5.41, 5.74) is 1.22. The Labute approximate surface area is 176 Å². The van der Waals surface area contributed by atoms with Gasteiger partial charge in [0.25, 0.3) is 5.91 Å². The molecule has 2 heterocycles. The van der Waals surface area contributed by atoms with Crippen LogP contribution in [0, 0.1) is 0 Å². The van der Waals surface area contributed by atoms with Crippen LogP contribution in [-0.4, -0.2) is 52.8 Å². The molecule has 29 heavy (non-hydrogen) atoms. The highest BCUT2D eigenvalue weighted by Crippen LogP contribution is 2.37. The van der Waals surface area contributed by atoms with Crippen molar-refractivity contribution in [3.05, 3.63) is 65.2 Å². The first-order valence-corrected chi connectivity index (χ1v) is 10.4. The van der Waals surface area contributed by atoms with E-state index in [1.54, 1.807) is 9.80 Å². The molecule has 2 fully saturated rings. The molecule has 2 aromatic rings. The minimum atomic E-state index is -0.838. The van der Waals surface area contributed by atoms with Crippen molar-refractivity contribution in [3.8, 4) is 0 Å². The normalized spacial score (nSPS) is 22.3. The Kier molecular flexibility index (Phi) is 5.26. The monoisotopic (exact) mass is 411 g/mol. The third kappa shape index (κ3) is 3.60. The molecule has 1 spiro atoms. The number of para-hydroxylation sites is 1. The number of carbonyl (C=O) groups is 2. The Bertz CT molecular complexity index is 900. The van der Waals surface area contributed by atoms with Crippen LogP contribution in [0.3, 0.4) is 0 Å². The van der Waals surface area contributed by atoms with Gasteiger partial charge in [0.15, 0.2) is 0 Å². The summed E-state index contributed by atoms with van der Waals surface area (Å²) in [6, 6.07) is 17.6. The van der Waals surface area contributed by atoms with Gasteiger partial charge in [-0.2, -0.15) is 0 Å². The molecular formula is C23H26ClN3O2. The number of anilines is 1. The van der Waals surface area contributed by atoms with E-state index in [1.165, 1.54) is 0 Å². The van der Waals surface area contributed by atoms with E-state index in [1.807, 2.05) is 56.3 Å². The van der Waals surface area contributed by atoms with Gasteiger partial charge in [-0.1, -0.05) is 41.9 Å². The van der Waals surface area contributed by atoms with Crippen LogP contribution in [0.15, 0.2) is 54.6 Å². The number of hydrogen-bond acceptors (Lipinski definition) is 3. The largest absolute Gasteiger partial charge is 0.369 e. The fourth-order valence-corrected chi connectivity index (χ4v) is 4.53. The summed E-state index contributed by atoms with van der Waals surface area (Å²) in [4.78, 5) is 32.6. The molecule has 5 nitrogen and oxygen atoms in total. The number of amides is 2. The second kappa shape index (κ2) is 7.71. The first-order chi connectivity index (χ1) is 13.9. The van der Waals surface area contributed by atoms with Crippen molar-refractivity contribution in [1.29, 1.82) is 0 Å². The quantitative estimate of drug-likeness (QED) is 0.772. The van der Waals surface area contributed by atoms with Gasteiger partial charge in [0.1, 0.15) is 12.1 Å². The molecule has 4 rings (SSSR count). The van der Waals surface area contributed by atoms with Crippen LogP contribution in [0.1, 0.15) is 25.8 Å². The lowest BCUT2D eigenvalue weighted by Crippen LogP contribution is -2.69.